The highest BCUT2D eigenvalue weighted by Gasteiger charge is 2.46. The van der Waals surface area contributed by atoms with E-state index >= 15 is 0 Å². The number of halogens is 1. The smallest absolute Gasteiger partial charge is 0.343 e. The van der Waals surface area contributed by atoms with E-state index in [-0.39, 0.29) is 43.7 Å². The number of hydrogen-bond donors (Lipinski definition) is 3. The van der Waals surface area contributed by atoms with Gasteiger partial charge in [-0.25, -0.2) is 14.2 Å². The summed E-state index contributed by atoms with van der Waals surface area (Å²) >= 11 is 0. The third-order valence-electron chi connectivity index (χ3n) is 8.08. The molecule has 3 aromatic rings. The number of carbonyl (C=O) groups excluding carboxylic acids is 1. The summed E-state index contributed by atoms with van der Waals surface area (Å²) in [5.74, 6) is -1.21. The number of fused-ring (bicyclic) bond motifs is 5. The second-order valence-electron chi connectivity index (χ2n) is 9.78. The highest BCUT2D eigenvalue weighted by molar-refractivity contribution is 5.93. The summed E-state index contributed by atoms with van der Waals surface area (Å²) in [4.78, 5) is 30.7. The molecule has 4 heterocycles. The Hall–Kier alpha value is -3.14. The maximum atomic E-state index is 14.8. The van der Waals surface area contributed by atoms with Gasteiger partial charge in [-0.15, -0.1) is 0 Å². The van der Waals surface area contributed by atoms with Crippen LogP contribution in [-0.4, -0.2) is 37.4 Å². The fraction of sp³-hybridized carbons (Fsp3) is 0.423. The molecule has 0 radical (unpaired) electrons. The summed E-state index contributed by atoms with van der Waals surface area (Å²) in [6, 6.07) is 2.93. The number of cyclic esters (lactones) is 1. The van der Waals surface area contributed by atoms with Crippen LogP contribution in [0.1, 0.15) is 59.6 Å². The zero-order chi connectivity index (χ0) is 24.9. The van der Waals surface area contributed by atoms with Crippen LogP contribution in [0.3, 0.4) is 0 Å². The molecule has 1 aliphatic carbocycles. The highest BCUT2D eigenvalue weighted by Crippen LogP contribution is 2.49. The monoisotopic (exact) mass is 480 g/mol. The largest absolute Gasteiger partial charge is 0.458 e. The maximum absolute atomic E-state index is 14.8. The number of pyridine rings is 2. The Kier molecular flexibility index (Phi) is 4.59. The number of nitrogens with zero attached hydrogens (tertiary/aromatic N) is 2. The van der Waals surface area contributed by atoms with E-state index in [0.29, 0.717) is 51.8 Å². The molecule has 0 saturated heterocycles. The van der Waals surface area contributed by atoms with Gasteiger partial charge in [0, 0.05) is 41.2 Å². The van der Waals surface area contributed by atoms with Crippen molar-refractivity contribution in [2.75, 3.05) is 6.61 Å². The van der Waals surface area contributed by atoms with Crippen molar-refractivity contribution >= 4 is 16.9 Å². The Morgan fingerprint density at radius 3 is 2.69 bits per heavy atom. The first kappa shape index (κ1) is 22.3. The molecule has 182 valence electrons. The molecule has 0 saturated carbocycles. The molecular weight excluding hydrogens is 455 g/mol. The minimum atomic E-state index is -1.95. The van der Waals surface area contributed by atoms with Crippen molar-refractivity contribution in [3.05, 3.63) is 61.7 Å². The lowest BCUT2D eigenvalue weighted by atomic mass is 9.74. The van der Waals surface area contributed by atoms with Gasteiger partial charge in [0.1, 0.15) is 12.4 Å². The van der Waals surface area contributed by atoms with Gasteiger partial charge in [-0.3, -0.25) is 4.79 Å². The van der Waals surface area contributed by atoms with Crippen LogP contribution < -0.4 is 5.56 Å². The van der Waals surface area contributed by atoms with Gasteiger partial charge in [0.2, 0.25) is 0 Å². The number of benzene rings is 1. The molecule has 35 heavy (non-hydrogen) atoms. The maximum Gasteiger partial charge on any atom is 0.343 e. The number of esters is 1. The van der Waals surface area contributed by atoms with Crippen molar-refractivity contribution in [2.24, 2.45) is 0 Å². The molecule has 0 bridgehead atoms. The molecule has 9 heteroatoms. The molecule has 2 atom stereocenters. The van der Waals surface area contributed by atoms with E-state index in [1.165, 1.54) is 10.6 Å². The van der Waals surface area contributed by atoms with Gasteiger partial charge in [-0.2, -0.15) is 0 Å². The fourth-order valence-corrected chi connectivity index (χ4v) is 6.11. The SMILES string of the molecule is CC[C@@]1(O)C(=O)OCc2c1cc1n(c2=O)Cc2c-1nc1cc(F)c(C)c3c1c2C(O)(CCO)CC3. The molecular formula is C26H25FN2O6. The standard InChI is InChI=1S/C26H25FN2O6/c1-3-26(34)16-8-19-22-14(10-29(19)23(31)15(16)11-35-24(26)32)21-20-13(4-5-25(21,33)6-7-30)12(2)17(27)9-18(20)28-22/h8-9,30,33-34H,3-7,10-11H2,1-2H3/t25?,26-/m0/s1. The number of rotatable bonds is 3. The van der Waals surface area contributed by atoms with Crippen molar-refractivity contribution in [1.82, 2.24) is 9.55 Å². The zero-order valence-electron chi connectivity index (χ0n) is 19.4. The van der Waals surface area contributed by atoms with E-state index in [4.69, 9.17) is 9.72 Å². The van der Waals surface area contributed by atoms with Crippen LogP contribution in [0.15, 0.2) is 16.9 Å². The van der Waals surface area contributed by atoms with Gasteiger partial charge in [-0.05, 0) is 43.4 Å². The number of aryl methyl sites for hydroxylation is 1. The van der Waals surface area contributed by atoms with Crippen molar-refractivity contribution in [3.63, 3.8) is 0 Å². The number of carbonyl (C=O) groups is 1. The topological polar surface area (TPSA) is 122 Å². The Morgan fingerprint density at radius 2 is 1.97 bits per heavy atom. The Labute approximate surface area is 199 Å². The molecule has 3 aliphatic rings. The van der Waals surface area contributed by atoms with Crippen LogP contribution in [0.4, 0.5) is 4.39 Å². The van der Waals surface area contributed by atoms with Crippen LogP contribution in [0, 0.1) is 12.7 Å². The zero-order valence-corrected chi connectivity index (χ0v) is 19.4. The molecule has 1 aromatic carbocycles. The molecule has 3 N–H and O–H groups in total. The number of aliphatic hydroxyl groups is 3. The number of aliphatic hydroxyl groups excluding tert-OH is 1. The number of ether oxygens (including phenoxy) is 1. The van der Waals surface area contributed by atoms with Crippen molar-refractivity contribution in [1.29, 1.82) is 0 Å². The van der Waals surface area contributed by atoms with Gasteiger partial charge < -0.3 is 24.6 Å². The van der Waals surface area contributed by atoms with Crippen molar-refractivity contribution in [3.8, 4) is 11.4 Å². The lowest BCUT2D eigenvalue weighted by Crippen LogP contribution is -2.44. The fourth-order valence-electron chi connectivity index (χ4n) is 6.11. The first-order valence-corrected chi connectivity index (χ1v) is 11.8. The Bertz CT molecular complexity index is 1530. The average molecular weight is 480 g/mol. The van der Waals surface area contributed by atoms with E-state index in [1.54, 1.807) is 19.9 Å². The lowest BCUT2D eigenvalue weighted by molar-refractivity contribution is -0.172. The van der Waals surface area contributed by atoms with Gasteiger partial charge in [0.15, 0.2) is 5.60 Å². The van der Waals surface area contributed by atoms with Crippen LogP contribution in [-0.2, 0) is 40.3 Å². The summed E-state index contributed by atoms with van der Waals surface area (Å²) in [7, 11) is 0. The highest BCUT2D eigenvalue weighted by atomic mass is 19.1. The summed E-state index contributed by atoms with van der Waals surface area (Å²) in [5.41, 5.74) is 0.285. The van der Waals surface area contributed by atoms with Crippen LogP contribution in [0.25, 0.3) is 22.3 Å². The molecule has 8 nitrogen and oxygen atoms in total. The molecule has 0 amide bonds. The number of hydrogen-bond acceptors (Lipinski definition) is 7. The minimum absolute atomic E-state index is 0.0229. The third-order valence-corrected chi connectivity index (χ3v) is 8.08. The van der Waals surface area contributed by atoms with E-state index in [0.717, 1.165) is 5.56 Å². The second kappa shape index (κ2) is 7.19. The van der Waals surface area contributed by atoms with Gasteiger partial charge in [-0.1, -0.05) is 6.92 Å². The molecule has 1 unspecified atom stereocenters. The predicted octanol–water partition coefficient (Wildman–Crippen LogP) is 2.04. The summed E-state index contributed by atoms with van der Waals surface area (Å²) < 4.78 is 21.5. The van der Waals surface area contributed by atoms with E-state index in [2.05, 4.69) is 0 Å². The molecule has 6 rings (SSSR count). The third kappa shape index (κ3) is 2.74. The Morgan fingerprint density at radius 1 is 1.20 bits per heavy atom. The van der Waals surface area contributed by atoms with Crippen LogP contribution in [0.5, 0.6) is 0 Å². The molecule has 2 aromatic heterocycles. The Balaban J connectivity index is 1.71. The summed E-state index contributed by atoms with van der Waals surface area (Å²) in [6.45, 7) is 2.98. The minimum Gasteiger partial charge on any atom is -0.458 e. The van der Waals surface area contributed by atoms with Gasteiger partial charge in [0.05, 0.1) is 34.6 Å². The number of aromatic nitrogens is 2. The lowest BCUT2D eigenvalue weighted by Gasteiger charge is -2.36. The predicted molar refractivity (Wildman–Crippen MR) is 123 cm³/mol. The molecule has 0 spiro atoms. The van der Waals surface area contributed by atoms with Crippen LogP contribution >= 0.6 is 0 Å². The van der Waals surface area contributed by atoms with E-state index in [1.807, 2.05) is 0 Å². The quantitative estimate of drug-likeness (QED) is 0.384. The first-order chi connectivity index (χ1) is 16.6. The van der Waals surface area contributed by atoms with Crippen molar-refractivity contribution < 1.29 is 29.2 Å². The molecule has 0 fully saturated rings. The van der Waals surface area contributed by atoms with E-state index in [9.17, 15) is 29.3 Å². The van der Waals surface area contributed by atoms with E-state index < -0.39 is 28.5 Å². The first-order valence-electron chi connectivity index (χ1n) is 11.8. The van der Waals surface area contributed by atoms with Crippen molar-refractivity contribution in [2.45, 2.75) is 63.9 Å². The normalized spacial score (nSPS) is 24.2. The average Bonchev–Trinajstić information content (AvgIpc) is 3.19. The summed E-state index contributed by atoms with van der Waals surface area (Å²) in [5, 5.41) is 33.2. The van der Waals surface area contributed by atoms with Crippen LogP contribution in [0.2, 0.25) is 0 Å². The van der Waals surface area contributed by atoms with Gasteiger partial charge in [0.25, 0.3) is 5.56 Å². The molecule has 2 aliphatic heterocycles. The summed E-state index contributed by atoms with van der Waals surface area (Å²) in [6.07, 6.45) is 0.855. The van der Waals surface area contributed by atoms with Gasteiger partial charge >= 0.3 is 5.97 Å². The second-order valence-corrected chi connectivity index (χ2v) is 9.78.